The van der Waals surface area contributed by atoms with E-state index in [1.165, 1.54) is 212 Å². The Morgan fingerprint density at radius 2 is 0.727 bits per heavy atom. The maximum absolute atomic E-state index is 12.5. The van der Waals surface area contributed by atoms with E-state index >= 15 is 0 Å². The molecule has 0 aromatic rings. The van der Waals surface area contributed by atoms with Gasteiger partial charge < -0.3 is 20.6 Å². The van der Waals surface area contributed by atoms with Crippen LogP contribution in [0.4, 0.5) is 0 Å². The molecule has 328 valence electrons. The fraction of sp³-hybridized carbons (Fsp3) is 0.940. The zero-order chi connectivity index (χ0) is 40.1. The number of carbonyl (C=O) groups excluding carboxylic acids is 1. The van der Waals surface area contributed by atoms with E-state index < -0.39 is 18.2 Å². The molecule has 1 amide bonds. The number of unbranched alkanes of at least 4 members (excludes halogenated alkanes) is 36. The highest BCUT2D eigenvalue weighted by atomic mass is 16.3. The van der Waals surface area contributed by atoms with Crippen molar-refractivity contribution >= 4 is 5.91 Å². The van der Waals surface area contributed by atoms with Gasteiger partial charge in [-0.1, -0.05) is 244 Å². The van der Waals surface area contributed by atoms with E-state index in [0.29, 0.717) is 12.8 Å². The van der Waals surface area contributed by atoms with Crippen LogP contribution in [0.15, 0.2) is 12.2 Å². The smallest absolute Gasteiger partial charge is 0.220 e. The van der Waals surface area contributed by atoms with Crippen molar-refractivity contribution in [3.63, 3.8) is 0 Å². The van der Waals surface area contributed by atoms with Crippen LogP contribution < -0.4 is 5.32 Å². The van der Waals surface area contributed by atoms with Crippen LogP contribution in [0, 0.1) is 0 Å². The minimum atomic E-state index is -1.15. The van der Waals surface area contributed by atoms with Crippen LogP contribution in [0.5, 0.6) is 0 Å². The average Bonchev–Trinajstić information content (AvgIpc) is 3.19. The number of carbonyl (C=O) groups is 1. The highest BCUT2D eigenvalue weighted by molar-refractivity contribution is 5.76. The lowest BCUT2D eigenvalue weighted by Gasteiger charge is -2.26. The molecule has 4 N–H and O–H groups in total. The van der Waals surface area contributed by atoms with Crippen LogP contribution in [0.3, 0.4) is 0 Å². The van der Waals surface area contributed by atoms with Gasteiger partial charge in [-0.3, -0.25) is 4.79 Å². The number of hydrogen-bond donors (Lipinski definition) is 4. The molecule has 5 heteroatoms. The Bertz CT molecular complexity index is 773. The third-order valence-electron chi connectivity index (χ3n) is 11.9. The lowest BCUT2D eigenvalue weighted by atomic mass is 10.0. The van der Waals surface area contributed by atoms with Gasteiger partial charge in [0, 0.05) is 6.42 Å². The summed E-state index contributed by atoms with van der Waals surface area (Å²) in [5.41, 5.74) is 0. The monoisotopic (exact) mass is 778 g/mol. The largest absolute Gasteiger partial charge is 0.394 e. The third-order valence-corrected chi connectivity index (χ3v) is 11.9. The van der Waals surface area contributed by atoms with Gasteiger partial charge in [0.05, 0.1) is 18.8 Å². The first-order valence-electron chi connectivity index (χ1n) is 25.0. The average molecular weight is 778 g/mol. The number of allylic oxidation sites excluding steroid dienone is 2. The molecule has 0 spiro atoms. The molecule has 3 unspecified atom stereocenters. The van der Waals surface area contributed by atoms with Crippen molar-refractivity contribution in [2.75, 3.05) is 6.61 Å². The Balaban J connectivity index is 3.55. The minimum Gasteiger partial charge on any atom is -0.394 e. The van der Waals surface area contributed by atoms with Crippen LogP contribution in [-0.2, 0) is 4.79 Å². The number of aliphatic hydroxyl groups excluding tert-OH is 3. The zero-order valence-corrected chi connectivity index (χ0v) is 37.3. The molecule has 0 saturated heterocycles. The molecule has 3 atom stereocenters. The van der Waals surface area contributed by atoms with E-state index in [-0.39, 0.29) is 12.5 Å². The van der Waals surface area contributed by atoms with Crippen LogP contribution in [0.1, 0.15) is 277 Å². The summed E-state index contributed by atoms with van der Waals surface area (Å²) < 4.78 is 0. The molecule has 0 aromatic heterocycles. The van der Waals surface area contributed by atoms with Crippen LogP contribution in [0.2, 0.25) is 0 Å². The van der Waals surface area contributed by atoms with Crippen molar-refractivity contribution in [3.05, 3.63) is 12.2 Å². The number of hydrogen-bond acceptors (Lipinski definition) is 4. The summed E-state index contributed by atoms with van der Waals surface area (Å²) in [7, 11) is 0. The third kappa shape index (κ3) is 41.1. The summed E-state index contributed by atoms with van der Waals surface area (Å²) in [6, 6.07) is -0.821. The van der Waals surface area contributed by atoms with Gasteiger partial charge in [0.25, 0.3) is 0 Å². The van der Waals surface area contributed by atoms with Gasteiger partial charge in [-0.05, 0) is 38.5 Å². The molecule has 0 radical (unpaired) electrons. The van der Waals surface area contributed by atoms with Gasteiger partial charge in [-0.25, -0.2) is 0 Å². The van der Waals surface area contributed by atoms with Gasteiger partial charge in [0.2, 0.25) is 5.91 Å². The summed E-state index contributed by atoms with van der Waals surface area (Å²) >= 11 is 0. The quantitative estimate of drug-likeness (QED) is 0.0366. The van der Waals surface area contributed by atoms with E-state index in [1.54, 1.807) is 0 Å². The van der Waals surface area contributed by atoms with Crippen LogP contribution >= 0.6 is 0 Å². The lowest BCUT2D eigenvalue weighted by molar-refractivity contribution is -0.124. The molecular weight excluding hydrogens is 679 g/mol. The molecule has 0 fully saturated rings. The van der Waals surface area contributed by atoms with Crippen LogP contribution in [-0.4, -0.2) is 46.1 Å². The van der Waals surface area contributed by atoms with Crippen LogP contribution in [0.25, 0.3) is 0 Å². The summed E-state index contributed by atoms with van der Waals surface area (Å²) in [6.07, 6.45) is 54.9. The predicted molar refractivity (Wildman–Crippen MR) is 241 cm³/mol. The van der Waals surface area contributed by atoms with Crippen molar-refractivity contribution in [1.29, 1.82) is 0 Å². The summed E-state index contributed by atoms with van der Waals surface area (Å²) in [5.74, 6) is -0.148. The summed E-state index contributed by atoms with van der Waals surface area (Å²) in [5, 5.41) is 33.6. The first-order valence-corrected chi connectivity index (χ1v) is 25.0. The Morgan fingerprint density at radius 1 is 0.436 bits per heavy atom. The first kappa shape index (κ1) is 54.1. The van der Waals surface area contributed by atoms with Gasteiger partial charge in [-0.2, -0.15) is 0 Å². The molecule has 0 rings (SSSR count). The summed E-state index contributed by atoms with van der Waals surface area (Å²) in [4.78, 5) is 12.5. The van der Waals surface area contributed by atoms with Gasteiger partial charge in [-0.15, -0.1) is 0 Å². The molecule has 0 aromatic carbocycles. The number of rotatable bonds is 46. The molecule has 0 heterocycles. The molecule has 0 aliphatic rings. The van der Waals surface area contributed by atoms with Crippen molar-refractivity contribution in [1.82, 2.24) is 5.32 Å². The first-order chi connectivity index (χ1) is 27.1. The number of amides is 1. The van der Waals surface area contributed by atoms with Crippen molar-refractivity contribution in [2.45, 2.75) is 295 Å². The Morgan fingerprint density at radius 3 is 1.05 bits per heavy atom. The second-order valence-corrected chi connectivity index (χ2v) is 17.4. The predicted octanol–water partition coefficient (Wildman–Crippen LogP) is 14.8. The normalized spacial score (nSPS) is 13.5. The fourth-order valence-corrected chi connectivity index (χ4v) is 7.99. The standard InChI is InChI=1S/C50H99NO4/c1-3-5-7-9-11-13-15-17-19-21-22-23-24-25-26-27-28-29-31-33-35-37-39-41-43-45-49(54)51-47(46-52)50(55)48(53)44-42-40-38-36-34-32-30-20-18-16-14-12-10-8-6-4-2/h36,38,47-48,50,52-53,55H,3-35,37,39-46H2,1-2H3,(H,51,54)/b38-36+. The van der Waals surface area contributed by atoms with E-state index in [1.807, 2.05) is 0 Å². The molecule has 5 nitrogen and oxygen atoms in total. The lowest BCUT2D eigenvalue weighted by Crippen LogP contribution is -2.50. The topological polar surface area (TPSA) is 89.8 Å². The van der Waals surface area contributed by atoms with Gasteiger partial charge >= 0.3 is 0 Å². The van der Waals surface area contributed by atoms with Gasteiger partial charge in [0.15, 0.2) is 0 Å². The number of aliphatic hydroxyl groups is 3. The summed E-state index contributed by atoms with van der Waals surface area (Å²) in [6.45, 7) is 4.19. The minimum absolute atomic E-state index is 0.148. The fourth-order valence-electron chi connectivity index (χ4n) is 7.99. The highest BCUT2D eigenvalue weighted by Crippen LogP contribution is 2.17. The second kappa shape index (κ2) is 45.8. The number of nitrogens with one attached hydrogen (secondary N) is 1. The molecular formula is C50H99NO4. The molecule has 0 saturated carbocycles. The van der Waals surface area contributed by atoms with Crippen molar-refractivity contribution in [2.24, 2.45) is 0 Å². The van der Waals surface area contributed by atoms with E-state index in [0.717, 1.165) is 38.5 Å². The highest BCUT2D eigenvalue weighted by Gasteiger charge is 2.26. The maximum Gasteiger partial charge on any atom is 0.220 e. The van der Waals surface area contributed by atoms with E-state index in [2.05, 4.69) is 31.3 Å². The van der Waals surface area contributed by atoms with E-state index in [9.17, 15) is 20.1 Å². The zero-order valence-electron chi connectivity index (χ0n) is 37.3. The molecule has 55 heavy (non-hydrogen) atoms. The molecule has 0 bridgehead atoms. The molecule has 0 aliphatic carbocycles. The maximum atomic E-state index is 12.5. The SMILES string of the molecule is CCCCCCCCCCCCC/C=C/CCCC(O)C(O)C(CO)NC(=O)CCCCCCCCCCCCCCCCCCCCCCCCCCC. The Hall–Kier alpha value is -0.910. The Labute approximate surface area is 344 Å². The van der Waals surface area contributed by atoms with Gasteiger partial charge in [0.1, 0.15) is 6.10 Å². The van der Waals surface area contributed by atoms with E-state index in [4.69, 9.17) is 0 Å². The molecule has 0 aliphatic heterocycles. The Kier molecular flexibility index (Phi) is 45.0. The second-order valence-electron chi connectivity index (χ2n) is 17.4. The van der Waals surface area contributed by atoms with Crippen molar-refractivity contribution in [3.8, 4) is 0 Å². The van der Waals surface area contributed by atoms with Crippen molar-refractivity contribution < 1.29 is 20.1 Å².